The van der Waals surface area contributed by atoms with Crippen LogP contribution < -0.4 is 0 Å². The van der Waals surface area contributed by atoms with Gasteiger partial charge in [-0.1, -0.05) is 12.2 Å². The van der Waals surface area contributed by atoms with Gasteiger partial charge in [0.05, 0.1) is 5.60 Å². The monoisotopic (exact) mass is 322 g/mol. The van der Waals surface area contributed by atoms with E-state index in [1.165, 1.54) is 32.1 Å². The lowest BCUT2D eigenvalue weighted by Crippen LogP contribution is -2.59. The number of hydrogen-bond donors (Lipinski definition) is 0. The molecule has 0 N–H and O–H groups in total. The zero-order chi connectivity index (χ0) is 15.2. The van der Waals surface area contributed by atoms with Gasteiger partial charge in [-0.2, -0.15) is 8.42 Å². The zero-order valence-corrected chi connectivity index (χ0v) is 14.1. The first-order chi connectivity index (χ1) is 10.4. The Morgan fingerprint density at radius 1 is 1.05 bits per heavy atom. The van der Waals surface area contributed by atoms with Gasteiger partial charge in [-0.15, -0.1) is 0 Å². The number of fused-ring (bicyclic) bond motifs is 2. The highest BCUT2D eigenvalue weighted by Crippen LogP contribution is 2.61. The first-order valence-electron chi connectivity index (χ1n) is 9.05. The van der Waals surface area contributed by atoms with E-state index in [0.717, 1.165) is 31.1 Å². The van der Waals surface area contributed by atoms with Crippen molar-refractivity contribution >= 4 is 10.1 Å². The van der Waals surface area contributed by atoms with Crippen LogP contribution in [-0.2, 0) is 14.3 Å². The van der Waals surface area contributed by atoms with Gasteiger partial charge >= 0.3 is 0 Å². The van der Waals surface area contributed by atoms with Crippen molar-refractivity contribution in [3.63, 3.8) is 0 Å². The van der Waals surface area contributed by atoms with Crippen LogP contribution in [0.2, 0.25) is 0 Å². The smallest absolute Gasteiger partial charge is 0.262 e. The molecule has 5 saturated carbocycles. The second kappa shape index (κ2) is 4.18. The Balaban J connectivity index is 1.47. The average molecular weight is 322 g/mol. The highest BCUT2D eigenvalue weighted by atomic mass is 32.2. The summed E-state index contributed by atoms with van der Waals surface area (Å²) in [5.41, 5.74) is -0.435. The molecule has 0 aromatic carbocycles. The summed E-state index contributed by atoms with van der Waals surface area (Å²) in [6.45, 7) is 2.11. The van der Waals surface area contributed by atoms with Crippen molar-refractivity contribution in [3.05, 3.63) is 12.2 Å². The summed E-state index contributed by atoms with van der Waals surface area (Å²) >= 11 is 0. The van der Waals surface area contributed by atoms with E-state index in [0.29, 0.717) is 17.8 Å². The number of hydrogen-bond acceptors (Lipinski definition) is 3. The minimum atomic E-state index is -3.52. The van der Waals surface area contributed by atoms with Crippen LogP contribution in [0.25, 0.3) is 0 Å². The molecule has 22 heavy (non-hydrogen) atoms. The van der Waals surface area contributed by atoms with Gasteiger partial charge in [0.15, 0.2) is 0 Å². The standard InChI is InChI=1S/C18H26O3S/c1-17(15-7-13-6-14(9-15)10-16(17)8-13)21-22(19,20)18-4-2-12(11-18)3-5-18/h2,4,12-16H,3,5-11H2,1H3. The van der Waals surface area contributed by atoms with Gasteiger partial charge in [0.1, 0.15) is 4.75 Å². The summed E-state index contributed by atoms with van der Waals surface area (Å²) in [6.07, 6.45) is 12.7. The lowest BCUT2D eigenvalue weighted by Gasteiger charge is -2.59. The SMILES string of the molecule is CC1(OS(=O)(=O)C23C=CC(CC2)C3)C2CC3CC(C2)CC1C3. The fraction of sp³-hybridized carbons (Fsp3) is 0.889. The molecule has 5 fully saturated rings. The van der Waals surface area contributed by atoms with E-state index in [4.69, 9.17) is 4.18 Å². The van der Waals surface area contributed by atoms with E-state index in [9.17, 15) is 8.42 Å². The third-order valence-corrected chi connectivity index (χ3v) is 9.85. The predicted molar refractivity (Wildman–Crippen MR) is 84.7 cm³/mol. The van der Waals surface area contributed by atoms with Crippen LogP contribution in [0.15, 0.2) is 12.2 Å². The summed E-state index contributed by atoms with van der Waals surface area (Å²) in [7, 11) is -3.52. The largest absolute Gasteiger partial charge is 0.277 e. The molecule has 6 rings (SSSR count). The molecular weight excluding hydrogens is 296 g/mol. The van der Waals surface area contributed by atoms with Crippen molar-refractivity contribution in [2.24, 2.45) is 29.6 Å². The molecule has 6 bridgehead atoms. The normalized spacial score (nSPS) is 55.2. The molecule has 0 amide bonds. The lowest BCUT2D eigenvalue weighted by atomic mass is 9.50. The van der Waals surface area contributed by atoms with Crippen molar-refractivity contribution in [2.75, 3.05) is 0 Å². The summed E-state index contributed by atoms with van der Waals surface area (Å²) < 4.78 is 31.7. The molecule has 0 saturated heterocycles. The van der Waals surface area contributed by atoms with Gasteiger partial charge in [0.25, 0.3) is 10.1 Å². The highest BCUT2D eigenvalue weighted by molar-refractivity contribution is 7.88. The van der Waals surface area contributed by atoms with E-state index in [-0.39, 0.29) is 0 Å². The maximum Gasteiger partial charge on any atom is 0.277 e. The molecule has 122 valence electrons. The van der Waals surface area contributed by atoms with E-state index in [1.807, 2.05) is 6.08 Å². The van der Waals surface area contributed by atoms with E-state index < -0.39 is 20.5 Å². The summed E-state index contributed by atoms with van der Waals surface area (Å²) in [4.78, 5) is 0. The predicted octanol–water partition coefficient (Wildman–Crippen LogP) is 3.66. The van der Waals surface area contributed by atoms with Crippen LogP contribution >= 0.6 is 0 Å². The minimum absolute atomic E-state index is 0.435. The van der Waals surface area contributed by atoms with Crippen molar-refractivity contribution in [3.8, 4) is 0 Å². The summed E-state index contributed by atoms with van der Waals surface area (Å²) in [5.74, 6) is 3.05. The maximum atomic E-state index is 13.1. The van der Waals surface area contributed by atoms with Crippen LogP contribution in [0.3, 0.4) is 0 Å². The van der Waals surface area contributed by atoms with E-state index in [2.05, 4.69) is 13.0 Å². The molecule has 0 aromatic heterocycles. The lowest BCUT2D eigenvalue weighted by molar-refractivity contribution is -0.143. The minimum Gasteiger partial charge on any atom is -0.262 e. The Morgan fingerprint density at radius 3 is 2.14 bits per heavy atom. The zero-order valence-electron chi connectivity index (χ0n) is 13.3. The molecular formula is C18H26O3S. The average Bonchev–Trinajstić information content (AvgIpc) is 3.06. The van der Waals surface area contributed by atoms with Gasteiger partial charge in [0.2, 0.25) is 0 Å². The van der Waals surface area contributed by atoms with Gasteiger partial charge in [-0.25, -0.2) is 0 Å². The van der Waals surface area contributed by atoms with E-state index >= 15 is 0 Å². The Labute approximate surface area is 133 Å². The molecule has 2 atom stereocenters. The molecule has 6 aliphatic carbocycles. The Kier molecular flexibility index (Phi) is 2.67. The van der Waals surface area contributed by atoms with Crippen LogP contribution in [0.1, 0.15) is 58.3 Å². The molecule has 4 heteroatoms. The maximum absolute atomic E-state index is 13.1. The van der Waals surface area contributed by atoms with Gasteiger partial charge < -0.3 is 0 Å². The first-order valence-corrected chi connectivity index (χ1v) is 10.5. The van der Waals surface area contributed by atoms with Gasteiger partial charge in [-0.05, 0) is 87.9 Å². The Morgan fingerprint density at radius 2 is 1.68 bits per heavy atom. The topological polar surface area (TPSA) is 43.4 Å². The quantitative estimate of drug-likeness (QED) is 0.588. The van der Waals surface area contributed by atoms with Crippen molar-refractivity contribution in [1.29, 1.82) is 0 Å². The molecule has 0 aliphatic heterocycles. The fourth-order valence-corrected chi connectivity index (χ4v) is 8.53. The Bertz CT molecular complexity index is 607. The third-order valence-electron chi connectivity index (χ3n) is 7.76. The number of rotatable bonds is 3. The molecule has 0 spiro atoms. The second-order valence-electron chi connectivity index (χ2n) is 8.95. The third kappa shape index (κ3) is 1.69. The van der Waals surface area contributed by atoms with Crippen molar-refractivity contribution in [1.82, 2.24) is 0 Å². The Hall–Kier alpha value is -0.350. The second-order valence-corrected chi connectivity index (χ2v) is 10.8. The van der Waals surface area contributed by atoms with Crippen LogP contribution in [-0.4, -0.2) is 18.8 Å². The first kappa shape index (κ1) is 14.0. The van der Waals surface area contributed by atoms with Crippen molar-refractivity contribution in [2.45, 2.75) is 68.6 Å². The van der Waals surface area contributed by atoms with Crippen LogP contribution in [0.4, 0.5) is 0 Å². The highest BCUT2D eigenvalue weighted by Gasteiger charge is 2.60. The van der Waals surface area contributed by atoms with Gasteiger partial charge in [0, 0.05) is 0 Å². The molecule has 2 unspecified atom stereocenters. The molecule has 0 aromatic rings. The van der Waals surface area contributed by atoms with Crippen LogP contribution in [0.5, 0.6) is 0 Å². The van der Waals surface area contributed by atoms with Crippen molar-refractivity contribution < 1.29 is 12.6 Å². The van der Waals surface area contributed by atoms with Gasteiger partial charge in [-0.3, -0.25) is 4.18 Å². The summed E-state index contributed by atoms with van der Waals surface area (Å²) in [5, 5.41) is 0. The molecule has 6 aliphatic rings. The molecule has 3 nitrogen and oxygen atoms in total. The fourth-order valence-electron chi connectivity index (χ4n) is 6.59. The van der Waals surface area contributed by atoms with E-state index in [1.54, 1.807) is 0 Å². The molecule has 0 radical (unpaired) electrons. The number of allylic oxidation sites excluding steroid dienone is 1. The van der Waals surface area contributed by atoms with Crippen LogP contribution in [0, 0.1) is 29.6 Å². The molecule has 0 heterocycles. The summed E-state index contributed by atoms with van der Waals surface area (Å²) in [6, 6.07) is 0.